The molecule has 0 saturated carbocycles. The number of halogens is 1. The van der Waals surface area contributed by atoms with Crippen LogP contribution in [0.3, 0.4) is 0 Å². The van der Waals surface area contributed by atoms with Crippen LogP contribution in [0.2, 0.25) is 0 Å². The van der Waals surface area contributed by atoms with Gasteiger partial charge in [-0.3, -0.25) is 4.79 Å². The second-order valence-corrected chi connectivity index (χ2v) is 4.71. The number of nitrogens with zero attached hydrogens (tertiary/aromatic N) is 1. The highest BCUT2D eigenvalue weighted by Gasteiger charge is 2.25. The summed E-state index contributed by atoms with van der Waals surface area (Å²) in [6, 6.07) is 9.76. The Morgan fingerprint density at radius 3 is 2.89 bits per heavy atom. The summed E-state index contributed by atoms with van der Waals surface area (Å²) in [5.41, 5.74) is 0.763. The van der Waals surface area contributed by atoms with Crippen molar-refractivity contribution >= 4 is 29.3 Å². The largest absolute Gasteiger partial charge is 0.451 e. The van der Waals surface area contributed by atoms with Crippen LogP contribution in [0, 0.1) is 0 Å². The number of rotatable bonds is 2. The Bertz CT molecular complexity index is 543. The predicted octanol–water partition coefficient (Wildman–Crippen LogP) is 2.29. The van der Waals surface area contributed by atoms with E-state index < -0.39 is 0 Å². The molecule has 0 aliphatic carbocycles. The van der Waals surface area contributed by atoms with Gasteiger partial charge >= 0.3 is 0 Å². The van der Waals surface area contributed by atoms with E-state index in [9.17, 15) is 4.79 Å². The number of benzene rings is 1. The maximum absolute atomic E-state index is 12.3. The lowest BCUT2D eigenvalue weighted by molar-refractivity contribution is 0.0714. The van der Waals surface area contributed by atoms with Gasteiger partial charge in [0.25, 0.3) is 5.91 Å². The number of furan rings is 1. The normalized spacial score (nSPS) is 18.3. The van der Waals surface area contributed by atoms with E-state index in [1.165, 1.54) is 0 Å². The summed E-state index contributed by atoms with van der Waals surface area (Å²) in [7, 11) is 1.84. The lowest BCUT2D eigenvalue weighted by Gasteiger charge is -2.22. The molecule has 1 amide bonds. The van der Waals surface area contributed by atoms with Crippen molar-refractivity contribution in [3.8, 4) is 0 Å². The fraction of sp³-hybridized carbons (Fsp3) is 0.357. The SMILES string of the molecule is CN(C(=O)c1cc2ccccc2o1)C1CCNC1.Cl. The number of amides is 1. The third-order valence-corrected chi connectivity index (χ3v) is 3.54. The zero-order chi connectivity index (χ0) is 12.5. The van der Waals surface area contributed by atoms with Crippen LogP contribution in [-0.4, -0.2) is 37.0 Å². The Labute approximate surface area is 118 Å². The van der Waals surface area contributed by atoms with Gasteiger partial charge in [-0.2, -0.15) is 0 Å². The van der Waals surface area contributed by atoms with Crippen LogP contribution in [0.15, 0.2) is 34.7 Å². The van der Waals surface area contributed by atoms with Gasteiger partial charge in [0.15, 0.2) is 5.76 Å². The zero-order valence-corrected chi connectivity index (χ0v) is 11.6. The van der Waals surface area contributed by atoms with Crippen molar-refractivity contribution < 1.29 is 9.21 Å². The predicted molar refractivity (Wildman–Crippen MR) is 76.8 cm³/mol. The van der Waals surface area contributed by atoms with Crippen LogP contribution >= 0.6 is 12.4 Å². The van der Waals surface area contributed by atoms with E-state index >= 15 is 0 Å². The molecule has 1 aliphatic rings. The third-order valence-electron chi connectivity index (χ3n) is 3.54. The van der Waals surface area contributed by atoms with E-state index in [-0.39, 0.29) is 24.4 Å². The van der Waals surface area contributed by atoms with E-state index in [0.29, 0.717) is 5.76 Å². The highest BCUT2D eigenvalue weighted by Crippen LogP contribution is 2.21. The maximum atomic E-state index is 12.3. The molecule has 0 radical (unpaired) electrons. The number of para-hydroxylation sites is 1. The number of carbonyl (C=O) groups is 1. The van der Waals surface area contributed by atoms with Crippen LogP contribution in [0.5, 0.6) is 0 Å². The van der Waals surface area contributed by atoms with Gasteiger partial charge in [0, 0.05) is 25.0 Å². The molecule has 102 valence electrons. The van der Waals surface area contributed by atoms with Crippen molar-refractivity contribution in [1.82, 2.24) is 10.2 Å². The first-order valence-electron chi connectivity index (χ1n) is 6.22. The molecule has 4 nitrogen and oxygen atoms in total. The number of nitrogens with one attached hydrogen (secondary N) is 1. The summed E-state index contributed by atoms with van der Waals surface area (Å²) in [6.07, 6.45) is 1.00. The second-order valence-electron chi connectivity index (χ2n) is 4.71. The quantitative estimate of drug-likeness (QED) is 0.918. The van der Waals surface area contributed by atoms with Crippen LogP contribution < -0.4 is 5.32 Å². The van der Waals surface area contributed by atoms with Gasteiger partial charge in [-0.05, 0) is 25.1 Å². The van der Waals surface area contributed by atoms with Crippen molar-refractivity contribution in [3.63, 3.8) is 0 Å². The molecule has 1 N–H and O–H groups in total. The topological polar surface area (TPSA) is 45.5 Å². The first kappa shape index (κ1) is 13.9. The molecule has 1 atom stereocenters. The number of likely N-dealkylation sites (N-methyl/N-ethyl adjacent to an activating group) is 1. The molecule has 1 aromatic heterocycles. The fourth-order valence-electron chi connectivity index (χ4n) is 2.40. The second kappa shape index (κ2) is 5.63. The van der Waals surface area contributed by atoms with E-state index in [1.807, 2.05) is 37.4 Å². The van der Waals surface area contributed by atoms with E-state index in [1.54, 1.807) is 4.90 Å². The van der Waals surface area contributed by atoms with Crippen molar-refractivity contribution in [2.75, 3.05) is 20.1 Å². The van der Waals surface area contributed by atoms with Gasteiger partial charge in [0.05, 0.1) is 0 Å². The number of fused-ring (bicyclic) bond motifs is 1. The molecule has 0 bridgehead atoms. The summed E-state index contributed by atoms with van der Waals surface area (Å²) >= 11 is 0. The number of hydrogen-bond acceptors (Lipinski definition) is 3. The smallest absolute Gasteiger partial charge is 0.289 e. The molecule has 5 heteroatoms. The summed E-state index contributed by atoms with van der Waals surface area (Å²) in [5.74, 6) is 0.380. The monoisotopic (exact) mass is 280 g/mol. The minimum absolute atomic E-state index is 0. The van der Waals surface area contributed by atoms with Gasteiger partial charge in [0.1, 0.15) is 5.58 Å². The summed E-state index contributed by atoms with van der Waals surface area (Å²) in [5, 5.41) is 4.23. The average Bonchev–Trinajstić information content (AvgIpc) is 3.05. The summed E-state index contributed by atoms with van der Waals surface area (Å²) < 4.78 is 5.60. The lowest BCUT2D eigenvalue weighted by atomic mass is 10.2. The molecule has 1 fully saturated rings. The number of hydrogen-bond donors (Lipinski definition) is 1. The third kappa shape index (κ3) is 2.60. The van der Waals surface area contributed by atoms with Crippen molar-refractivity contribution in [1.29, 1.82) is 0 Å². The van der Waals surface area contributed by atoms with Gasteiger partial charge in [-0.15, -0.1) is 12.4 Å². The minimum atomic E-state index is -0.0418. The van der Waals surface area contributed by atoms with Crippen LogP contribution in [-0.2, 0) is 0 Å². The fourth-order valence-corrected chi connectivity index (χ4v) is 2.40. The molecular formula is C14H17ClN2O2. The number of carbonyl (C=O) groups excluding carboxylic acids is 1. The maximum Gasteiger partial charge on any atom is 0.289 e. The molecular weight excluding hydrogens is 264 g/mol. The Morgan fingerprint density at radius 1 is 1.42 bits per heavy atom. The summed E-state index contributed by atoms with van der Waals surface area (Å²) in [6.45, 7) is 1.84. The average molecular weight is 281 g/mol. The minimum Gasteiger partial charge on any atom is -0.451 e. The molecule has 3 rings (SSSR count). The van der Waals surface area contributed by atoms with E-state index in [0.717, 1.165) is 30.5 Å². The van der Waals surface area contributed by atoms with Crippen molar-refractivity contribution in [2.24, 2.45) is 0 Å². The molecule has 1 saturated heterocycles. The molecule has 1 aliphatic heterocycles. The van der Waals surface area contributed by atoms with Crippen LogP contribution in [0.1, 0.15) is 17.0 Å². The molecule has 0 spiro atoms. The van der Waals surface area contributed by atoms with Gasteiger partial charge in [-0.1, -0.05) is 18.2 Å². The molecule has 2 heterocycles. The van der Waals surface area contributed by atoms with Gasteiger partial charge in [0.2, 0.25) is 0 Å². The van der Waals surface area contributed by atoms with E-state index in [2.05, 4.69) is 5.32 Å². The Kier molecular flexibility index (Phi) is 4.12. The molecule has 1 aromatic carbocycles. The van der Waals surface area contributed by atoms with Crippen LogP contribution in [0.25, 0.3) is 11.0 Å². The highest BCUT2D eigenvalue weighted by atomic mass is 35.5. The Hall–Kier alpha value is -1.52. The molecule has 19 heavy (non-hydrogen) atoms. The standard InChI is InChI=1S/C14H16N2O2.ClH/c1-16(11-6-7-15-9-11)14(17)13-8-10-4-2-3-5-12(10)18-13;/h2-5,8,11,15H,6-7,9H2,1H3;1H. The van der Waals surface area contributed by atoms with E-state index in [4.69, 9.17) is 4.42 Å². The van der Waals surface area contributed by atoms with Crippen molar-refractivity contribution in [3.05, 3.63) is 36.1 Å². The first-order valence-corrected chi connectivity index (χ1v) is 6.22. The van der Waals surface area contributed by atoms with Crippen LogP contribution in [0.4, 0.5) is 0 Å². The lowest BCUT2D eigenvalue weighted by Crippen LogP contribution is -2.38. The highest BCUT2D eigenvalue weighted by molar-refractivity contribution is 5.96. The Balaban J connectivity index is 0.00000133. The van der Waals surface area contributed by atoms with Gasteiger partial charge < -0.3 is 14.6 Å². The van der Waals surface area contributed by atoms with Crippen molar-refractivity contribution in [2.45, 2.75) is 12.5 Å². The molecule has 1 unspecified atom stereocenters. The molecule has 2 aromatic rings. The Morgan fingerprint density at radius 2 is 2.21 bits per heavy atom. The zero-order valence-electron chi connectivity index (χ0n) is 10.8. The van der Waals surface area contributed by atoms with Gasteiger partial charge in [-0.25, -0.2) is 0 Å². The summed E-state index contributed by atoms with van der Waals surface area (Å²) in [4.78, 5) is 14.1. The first-order chi connectivity index (χ1) is 8.75.